The van der Waals surface area contributed by atoms with Gasteiger partial charge in [-0.2, -0.15) is 0 Å². The number of nitrogens with zero attached hydrogens (tertiary/aromatic N) is 1. The number of rotatable bonds is 8. The molecule has 0 aliphatic rings. The SMILES string of the molecule is CCCn1cccc1CNC(C)CC(C)CC. The van der Waals surface area contributed by atoms with E-state index in [4.69, 9.17) is 0 Å². The van der Waals surface area contributed by atoms with Crippen LogP contribution in [0.2, 0.25) is 0 Å². The first-order valence-corrected chi connectivity index (χ1v) is 7.04. The first-order chi connectivity index (χ1) is 8.17. The molecule has 0 aliphatic carbocycles. The van der Waals surface area contributed by atoms with Crippen LogP contribution in [0, 0.1) is 5.92 Å². The Morgan fingerprint density at radius 2 is 2.06 bits per heavy atom. The molecule has 1 aromatic rings. The maximum absolute atomic E-state index is 3.63. The fourth-order valence-corrected chi connectivity index (χ4v) is 2.20. The van der Waals surface area contributed by atoms with Crippen LogP contribution in [0.5, 0.6) is 0 Å². The number of hydrogen-bond acceptors (Lipinski definition) is 1. The Hall–Kier alpha value is -0.760. The Bertz CT molecular complexity index is 304. The van der Waals surface area contributed by atoms with Crippen LogP contribution in [-0.4, -0.2) is 10.6 Å². The number of aromatic nitrogens is 1. The second kappa shape index (κ2) is 7.54. The predicted octanol–water partition coefficient (Wildman–Crippen LogP) is 3.81. The lowest BCUT2D eigenvalue weighted by molar-refractivity contribution is 0.407. The van der Waals surface area contributed by atoms with Gasteiger partial charge in [0.2, 0.25) is 0 Å². The van der Waals surface area contributed by atoms with Crippen molar-refractivity contribution in [2.75, 3.05) is 0 Å². The van der Waals surface area contributed by atoms with Crippen molar-refractivity contribution in [3.05, 3.63) is 24.0 Å². The maximum Gasteiger partial charge on any atom is 0.0361 e. The monoisotopic (exact) mass is 236 g/mol. The molecule has 0 radical (unpaired) electrons. The molecule has 17 heavy (non-hydrogen) atoms. The summed E-state index contributed by atoms with van der Waals surface area (Å²) in [5, 5.41) is 3.63. The molecule has 0 fully saturated rings. The van der Waals surface area contributed by atoms with E-state index in [1.54, 1.807) is 0 Å². The molecule has 0 spiro atoms. The molecule has 1 N–H and O–H groups in total. The summed E-state index contributed by atoms with van der Waals surface area (Å²) in [6.07, 6.45) is 5.92. The number of hydrogen-bond donors (Lipinski definition) is 1. The van der Waals surface area contributed by atoms with Gasteiger partial charge in [0.1, 0.15) is 0 Å². The normalized spacial score (nSPS) is 14.8. The molecule has 98 valence electrons. The summed E-state index contributed by atoms with van der Waals surface area (Å²) in [4.78, 5) is 0. The van der Waals surface area contributed by atoms with Gasteiger partial charge in [0.15, 0.2) is 0 Å². The summed E-state index contributed by atoms with van der Waals surface area (Å²) in [6.45, 7) is 11.2. The van der Waals surface area contributed by atoms with Crippen LogP contribution in [0.4, 0.5) is 0 Å². The fraction of sp³-hybridized carbons (Fsp3) is 0.733. The van der Waals surface area contributed by atoms with Crippen LogP contribution in [0.15, 0.2) is 18.3 Å². The van der Waals surface area contributed by atoms with E-state index in [-0.39, 0.29) is 0 Å². The van der Waals surface area contributed by atoms with E-state index >= 15 is 0 Å². The highest BCUT2D eigenvalue weighted by molar-refractivity contribution is 5.07. The van der Waals surface area contributed by atoms with Crippen molar-refractivity contribution >= 4 is 0 Å². The lowest BCUT2D eigenvalue weighted by Gasteiger charge is -2.18. The van der Waals surface area contributed by atoms with E-state index in [0.29, 0.717) is 6.04 Å². The number of aryl methyl sites for hydroxylation is 1. The third kappa shape index (κ3) is 4.95. The summed E-state index contributed by atoms with van der Waals surface area (Å²) >= 11 is 0. The summed E-state index contributed by atoms with van der Waals surface area (Å²) < 4.78 is 2.35. The predicted molar refractivity (Wildman–Crippen MR) is 75.1 cm³/mol. The Morgan fingerprint density at radius 3 is 2.71 bits per heavy atom. The second-order valence-electron chi connectivity index (χ2n) is 5.22. The first-order valence-electron chi connectivity index (χ1n) is 7.04. The van der Waals surface area contributed by atoms with Gasteiger partial charge < -0.3 is 9.88 Å². The van der Waals surface area contributed by atoms with Crippen LogP contribution in [0.25, 0.3) is 0 Å². The van der Waals surface area contributed by atoms with E-state index in [1.807, 2.05) is 0 Å². The van der Waals surface area contributed by atoms with Gasteiger partial charge >= 0.3 is 0 Å². The number of nitrogens with one attached hydrogen (secondary N) is 1. The van der Waals surface area contributed by atoms with Crippen molar-refractivity contribution in [2.45, 2.75) is 66.1 Å². The zero-order valence-electron chi connectivity index (χ0n) is 11.9. The Balaban J connectivity index is 2.36. The van der Waals surface area contributed by atoms with Crippen LogP contribution in [-0.2, 0) is 13.1 Å². The van der Waals surface area contributed by atoms with Gasteiger partial charge in [-0.25, -0.2) is 0 Å². The molecule has 0 bridgehead atoms. The quantitative estimate of drug-likeness (QED) is 0.726. The highest BCUT2D eigenvalue weighted by atomic mass is 15.0. The molecule has 2 atom stereocenters. The van der Waals surface area contributed by atoms with Crippen molar-refractivity contribution in [3.63, 3.8) is 0 Å². The van der Waals surface area contributed by atoms with E-state index < -0.39 is 0 Å². The van der Waals surface area contributed by atoms with Gasteiger partial charge in [-0.3, -0.25) is 0 Å². The van der Waals surface area contributed by atoms with Gasteiger partial charge in [-0.1, -0.05) is 27.2 Å². The van der Waals surface area contributed by atoms with Crippen LogP contribution < -0.4 is 5.32 Å². The molecule has 2 nitrogen and oxygen atoms in total. The van der Waals surface area contributed by atoms with Gasteiger partial charge in [-0.15, -0.1) is 0 Å². The first kappa shape index (κ1) is 14.3. The smallest absolute Gasteiger partial charge is 0.0361 e. The summed E-state index contributed by atoms with van der Waals surface area (Å²) in [7, 11) is 0. The van der Waals surface area contributed by atoms with Crippen molar-refractivity contribution in [1.29, 1.82) is 0 Å². The minimum atomic E-state index is 0.606. The molecule has 0 amide bonds. The lowest BCUT2D eigenvalue weighted by Crippen LogP contribution is -2.28. The highest BCUT2D eigenvalue weighted by Gasteiger charge is 2.07. The van der Waals surface area contributed by atoms with Crippen molar-refractivity contribution in [2.24, 2.45) is 5.92 Å². The molecule has 1 heterocycles. The molecule has 1 rings (SSSR count). The highest BCUT2D eigenvalue weighted by Crippen LogP contribution is 2.10. The Morgan fingerprint density at radius 1 is 1.29 bits per heavy atom. The van der Waals surface area contributed by atoms with Crippen molar-refractivity contribution in [3.8, 4) is 0 Å². The molecule has 2 unspecified atom stereocenters. The summed E-state index contributed by atoms with van der Waals surface area (Å²) in [6, 6.07) is 4.97. The molecule has 0 saturated carbocycles. The van der Waals surface area contributed by atoms with Gasteiger partial charge in [0.05, 0.1) is 0 Å². The average Bonchev–Trinajstić information content (AvgIpc) is 2.74. The lowest BCUT2D eigenvalue weighted by atomic mass is 10.0. The summed E-state index contributed by atoms with van der Waals surface area (Å²) in [5.74, 6) is 0.819. The molecule has 0 saturated heterocycles. The van der Waals surface area contributed by atoms with E-state index in [1.165, 1.54) is 25.0 Å². The molecular formula is C15H28N2. The van der Waals surface area contributed by atoms with Gasteiger partial charge in [0.25, 0.3) is 0 Å². The van der Waals surface area contributed by atoms with Gasteiger partial charge in [0, 0.05) is 31.0 Å². The molecule has 0 aromatic carbocycles. The van der Waals surface area contributed by atoms with Crippen molar-refractivity contribution < 1.29 is 0 Å². The summed E-state index contributed by atoms with van der Waals surface area (Å²) in [5.41, 5.74) is 1.41. The van der Waals surface area contributed by atoms with E-state index in [9.17, 15) is 0 Å². The minimum absolute atomic E-state index is 0.606. The zero-order valence-corrected chi connectivity index (χ0v) is 11.9. The van der Waals surface area contributed by atoms with E-state index in [2.05, 4.69) is 55.9 Å². The molecular weight excluding hydrogens is 208 g/mol. The average molecular weight is 236 g/mol. The zero-order chi connectivity index (χ0) is 12.7. The Kier molecular flexibility index (Phi) is 6.35. The topological polar surface area (TPSA) is 17.0 Å². The molecule has 2 heteroatoms. The third-order valence-electron chi connectivity index (χ3n) is 3.47. The van der Waals surface area contributed by atoms with Crippen molar-refractivity contribution in [1.82, 2.24) is 9.88 Å². The maximum atomic E-state index is 3.63. The standard InChI is InChI=1S/C15H28N2/c1-5-9-17-10-7-8-15(17)12-16-14(4)11-13(3)6-2/h7-8,10,13-14,16H,5-6,9,11-12H2,1-4H3. The van der Waals surface area contributed by atoms with Crippen LogP contribution >= 0.6 is 0 Å². The van der Waals surface area contributed by atoms with Crippen LogP contribution in [0.1, 0.15) is 52.7 Å². The molecule has 1 aromatic heterocycles. The fourth-order valence-electron chi connectivity index (χ4n) is 2.20. The largest absolute Gasteiger partial charge is 0.350 e. The second-order valence-corrected chi connectivity index (χ2v) is 5.22. The molecule has 0 aliphatic heterocycles. The third-order valence-corrected chi connectivity index (χ3v) is 3.47. The van der Waals surface area contributed by atoms with Crippen LogP contribution in [0.3, 0.4) is 0 Å². The Labute approximate surface area is 106 Å². The van der Waals surface area contributed by atoms with E-state index in [0.717, 1.165) is 19.0 Å². The minimum Gasteiger partial charge on any atom is -0.350 e. The van der Waals surface area contributed by atoms with Gasteiger partial charge in [-0.05, 0) is 37.8 Å².